The highest BCUT2D eigenvalue weighted by Crippen LogP contribution is 2.31. The number of carbonyl (C=O) groups excluding carboxylic acids is 1. The van der Waals surface area contributed by atoms with Gasteiger partial charge in [0.15, 0.2) is 0 Å². The first kappa shape index (κ1) is 17.2. The fraction of sp³-hybridized carbons (Fsp3) is 0.211. The summed E-state index contributed by atoms with van der Waals surface area (Å²) >= 11 is 9.57. The van der Waals surface area contributed by atoms with Gasteiger partial charge in [0.05, 0.1) is 17.1 Å². The number of nitrogens with zero attached hydrogens (tertiary/aromatic N) is 3. The minimum absolute atomic E-state index is 0.0301. The maximum absolute atomic E-state index is 12.9. The van der Waals surface area contributed by atoms with E-state index in [4.69, 9.17) is 16.0 Å². The van der Waals surface area contributed by atoms with E-state index in [-0.39, 0.29) is 18.5 Å². The summed E-state index contributed by atoms with van der Waals surface area (Å²) in [6, 6.07) is 14.9. The SMILES string of the molecule is O=C(c1ccc(Br)cc1)N(Cc1nnc(-c2ccccc2Cl)o1)C1CC1. The number of halogens is 2. The zero-order valence-electron chi connectivity index (χ0n) is 13.7. The van der Waals surface area contributed by atoms with Crippen molar-refractivity contribution < 1.29 is 9.21 Å². The number of aromatic nitrogens is 2. The van der Waals surface area contributed by atoms with E-state index in [1.165, 1.54) is 0 Å². The second-order valence-electron chi connectivity index (χ2n) is 6.15. The van der Waals surface area contributed by atoms with E-state index in [0.717, 1.165) is 17.3 Å². The second-order valence-corrected chi connectivity index (χ2v) is 7.47. The fourth-order valence-corrected chi connectivity index (χ4v) is 3.20. The van der Waals surface area contributed by atoms with Gasteiger partial charge in [-0.15, -0.1) is 10.2 Å². The van der Waals surface area contributed by atoms with Crippen molar-refractivity contribution in [1.29, 1.82) is 0 Å². The van der Waals surface area contributed by atoms with Crippen LogP contribution in [0.2, 0.25) is 5.02 Å². The zero-order valence-corrected chi connectivity index (χ0v) is 16.1. The van der Waals surface area contributed by atoms with Crippen LogP contribution >= 0.6 is 27.5 Å². The fourth-order valence-electron chi connectivity index (χ4n) is 2.72. The Morgan fingerprint density at radius 3 is 2.58 bits per heavy atom. The first-order valence-corrected chi connectivity index (χ1v) is 9.43. The summed E-state index contributed by atoms with van der Waals surface area (Å²) in [7, 11) is 0. The number of amides is 1. The van der Waals surface area contributed by atoms with Crippen molar-refractivity contribution in [2.45, 2.75) is 25.4 Å². The Morgan fingerprint density at radius 2 is 1.88 bits per heavy atom. The monoisotopic (exact) mass is 431 g/mol. The van der Waals surface area contributed by atoms with Crippen LogP contribution in [0.15, 0.2) is 57.4 Å². The van der Waals surface area contributed by atoms with Crippen LogP contribution in [0.3, 0.4) is 0 Å². The lowest BCUT2D eigenvalue weighted by Gasteiger charge is -2.20. The second kappa shape index (κ2) is 7.21. The summed E-state index contributed by atoms with van der Waals surface area (Å²) in [6.45, 7) is 0.289. The van der Waals surface area contributed by atoms with Crippen LogP contribution < -0.4 is 0 Å². The zero-order chi connectivity index (χ0) is 18.1. The molecule has 0 bridgehead atoms. The molecule has 0 unspecified atom stereocenters. The van der Waals surface area contributed by atoms with Gasteiger partial charge in [-0.1, -0.05) is 39.7 Å². The first-order chi connectivity index (χ1) is 12.6. The van der Waals surface area contributed by atoms with Crippen molar-refractivity contribution in [3.63, 3.8) is 0 Å². The third-order valence-corrected chi connectivity index (χ3v) is 5.07. The number of hydrogen-bond donors (Lipinski definition) is 0. The lowest BCUT2D eigenvalue weighted by Crippen LogP contribution is -2.32. The molecule has 0 saturated heterocycles. The van der Waals surface area contributed by atoms with Gasteiger partial charge in [-0.25, -0.2) is 0 Å². The van der Waals surface area contributed by atoms with E-state index in [2.05, 4.69) is 26.1 Å². The molecule has 26 heavy (non-hydrogen) atoms. The average Bonchev–Trinajstić information content (AvgIpc) is 3.38. The normalized spacial score (nSPS) is 13.6. The summed E-state index contributed by atoms with van der Waals surface area (Å²) in [5.41, 5.74) is 1.33. The molecule has 7 heteroatoms. The Morgan fingerprint density at radius 1 is 1.15 bits per heavy atom. The summed E-state index contributed by atoms with van der Waals surface area (Å²) in [5.74, 6) is 0.729. The van der Waals surface area contributed by atoms with Crippen LogP contribution in [0.5, 0.6) is 0 Å². The van der Waals surface area contributed by atoms with Gasteiger partial charge < -0.3 is 9.32 Å². The van der Waals surface area contributed by atoms with Crippen LogP contribution in [0.25, 0.3) is 11.5 Å². The molecule has 1 fully saturated rings. The number of benzene rings is 2. The number of carbonyl (C=O) groups is 1. The highest BCUT2D eigenvalue weighted by atomic mass is 79.9. The maximum Gasteiger partial charge on any atom is 0.254 e. The molecule has 2 aromatic carbocycles. The van der Waals surface area contributed by atoms with Crippen molar-refractivity contribution in [2.75, 3.05) is 0 Å². The molecular weight excluding hydrogens is 418 g/mol. The summed E-state index contributed by atoms with van der Waals surface area (Å²) in [4.78, 5) is 14.7. The Balaban J connectivity index is 1.55. The minimum atomic E-state index is -0.0301. The molecule has 0 radical (unpaired) electrons. The molecule has 1 aromatic heterocycles. The molecule has 1 saturated carbocycles. The van der Waals surface area contributed by atoms with E-state index in [0.29, 0.717) is 27.9 Å². The molecular formula is C19H15BrClN3O2. The van der Waals surface area contributed by atoms with Crippen molar-refractivity contribution in [2.24, 2.45) is 0 Å². The van der Waals surface area contributed by atoms with Crippen LogP contribution in [0.4, 0.5) is 0 Å². The lowest BCUT2D eigenvalue weighted by molar-refractivity contribution is 0.0714. The van der Waals surface area contributed by atoms with Crippen LogP contribution in [0.1, 0.15) is 29.1 Å². The standard InChI is InChI=1S/C19H15BrClN3O2/c20-13-7-5-12(6-8-13)19(25)24(14-9-10-14)11-17-22-23-18(26-17)15-3-1-2-4-16(15)21/h1-8,14H,9-11H2. The van der Waals surface area contributed by atoms with Crippen LogP contribution in [-0.4, -0.2) is 27.0 Å². The van der Waals surface area contributed by atoms with Gasteiger partial charge in [-0.3, -0.25) is 4.79 Å². The Labute approximate surface area is 164 Å². The van der Waals surface area contributed by atoms with Gasteiger partial charge in [0.25, 0.3) is 5.91 Å². The largest absolute Gasteiger partial charge is 0.419 e. The predicted octanol–water partition coefficient (Wildman–Crippen LogP) is 4.96. The van der Waals surface area contributed by atoms with Gasteiger partial charge in [0.1, 0.15) is 0 Å². The minimum Gasteiger partial charge on any atom is -0.419 e. The molecule has 132 valence electrons. The molecule has 0 spiro atoms. The Bertz CT molecular complexity index is 938. The first-order valence-electron chi connectivity index (χ1n) is 8.25. The molecule has 0 atom stereocenters. The summed E-state index contributed by atoms with van der Waals surface area (Å²) in [6.07, 6.45) is 1.99. The van der Waals surface area contributed by atoms with E-state index >= 15 is 0 Å². The van der Waals surface area contributed by atoms with E-state index in [1.807, 2.05) is 42.5 Å². The topological polar surface area (TPSA) is 59.2 Å². The third-order valence-electron chi connectivity index (χ3n) is 4.22. The highest BCUT2D eigenvalue weighted by Gasteiger charge is 2.34. The van der Waals surface area contributed by atoms with Gasteiger partial charge in [0, 0.05) is 16.1 Å². The molecule has 0 N–H and O–H groups in total. The molecule has 1 amide bonds. The van der Waals surface area contributed by atoms with Gasteiger partial charge in [0.2, 0.25) is 11.8 Å². The van der Waals surface area contributed by atoms with Crippen molar-refractivity contribution in [1.82, 2.24) is 15.1 Å². The van der Waals surface area contributed by atoms with Crippen molar-refractivity contribution in [3.05, 3.63) is 69.5 Å². The summed E-state index contributed by atoms with van der Waals surface area (Å²) in [5, 5.41) is 8.72. The van der Waals surface area contributed by atoms with Crippen molar-refractivity contribution in [3.8, 4) is 11.5 Å². The van der Waals surface area contributed by atoms with Crippen LogP contribution in [0, 0.1) is 0 Å². The van der Waals surface area contributed by atoms with E-state index in [9.17, 15) is 4.79 Å². The van der Waals surface area contributed by atoms with Gasteiger partial charge in [-0.05, 0) is 49.2 Å². The lowest BCUT2D eigenvalue weighted by atomic mass is 10.2. The molecule has 1 aliphatic rings. The number of hydrogen-bond acceptors (Lipinski definition) is 4. The molecule has 4 rings (SSSR count). The van der Waals surface area contributed by atoms with Gasteiger partial charge >= 0.3 is 0 Å². The number of rotatable bonds is 5. The molecule has 1 aliphatic carbocycles. The Kier molecular flexibility index (Phi) is 4.78. The predicted molar refractivity (Wildman–Crippen MR) is 102 cm³/mol. The molecule has 5 nitrogen and oxygen atoms in total. The summed E-state index contributed by atoms with van der Waals surface area (Å²) < 4.78 is 6.69. The average molecular weight is 433 g/mol. The van der Waals surface area contributed by atoms with Crippen molar-refractivity contribution >= 4 is 33.4 Å². The smallest absolute Gasteiger partial charge is 0.254 e. The Hall–Kier alpha value is -2.18. The highest BCUT2D eigenvalue weighted by molar-refractivity contribution is 9.10. The third kappa shape index (κ3) is 3.66. The van der Waals surface area contributed by atoms with E-state index < -0.39 is 0 Å². The maximum atomic E-state index is 12.9. The van der Waals surface area contributed by atoms with Crippen LogP contribution in [-0.2, 0) is 6.54 Å². The molecule has 0 aliphatic heterocycles. The van der Waals surface area contributed by atoms with Gasteiger partial charge in [-0.2, -0.15) is 0 Å². The van der Waals surface area contributed by atoms with E-state index in [1.54, 1.807) is 11.0 Å². The quantitative estimate of drug-likeness (QED) is 0.572. The molecule has 3 aromatic rings. The molecule has 1 heterocycles.